The maximum absolute atomic E-state index is 10.6. The van der Waals surface area contributed by atoms with E-state index in [0.717, 1.165) is 23.2 Å². The van der Waals surface area contributed by atoms with Crippen LogP contribution in [-0.2, 0) is 6.42 Å². The standard InChI is InChI=1S/C15H14OS/c1-2-12-4-3-5-15(10-12)17-14-8-6-13(11-16)7-9-14/h3-11H,2H2,1H3. The molecule has 0 saturated carbocycles. The third-order valence-corrected chi connectivity index (χ3v) is 3.56. The molecule has 0 N–H and O–H groups in total. The van der Waals surface area contributed by atoms with Crippen LogP contribution >= 0.6 is 11.8 Å². The number of benzene rings is 2. The van der Waals surface area contributed by atoms with Crippen LogP contribution < -0.4 is 0 Å². The van der Waals surface area contributed by atoms with Crippen LogP contribution in [0.2, 0.25) is 0 Å². The Bertz CT molecular complexity index is 503. The molecule has 0 fully saturated rings. The van der Waals surface area contributed by atoms with Crippen molar-refractivity contribution in [2.45, 2.75) is 23.1 Å². The quantitative estimate of drug-likeness (QED) is 0.747. The van der Waals surface area contributed by atoms with Crippen LogP contribution in [0.4, 0.5) is 0 Å². The van der Waals surface area contributed by atoms with Gasteiger partial charge in [0.1, 0.15) is 6.29 Å². The molecule has 2 heteroatoms. The molecule has 1 nitrogen and oxygen atoms in total. The molecule has 2 rings (SSSR count). The lowest BCUT2D eigenvalue weighted by Gasteiger charge is -2.03. The summed E-state index contributed by atoms with van der Waals surface area (Å²) in [5, 5.41) is 0. The van der Waals surface area contributed by atoms with Crippen molar-refractivity contribution in [1.29, 1.82) is 0 Å². The molecule has 0 atom stereocenters. The molecule has 0 aromatic heterocycles. The van der Waals surface area contributed by atoms with E-state index in [9.17, 15) is 4.79 Å². The molecular weight excluding hydrogens is 228 g/mol. The Kier molecular flexibility index (Phi) is 3.99. The van der Waals surface area contributed by atoms with Gasteiger partial charge in [0.2, 0.25) is 0 Å². The highest BCUT2D eigenvalue weighted by atomic mass is 32.2. The van der Waals surface area contributed by atoms with Crippen LogP contribution in [0.1, 0.15) is 22.8 Å². The Balaban J connectivity index is 2.15. The fourth-order valence-electron chi connectivity index (χ4n) is 1.58. The lowest BCUT2D eigenvalue weighted by atomic mass is 10.2. The zero-order valence-electron chi connectivity index (χ0n) is 9.72. The maximum atomic E-state index is 10.6. The summed E-state index contributed by atoms with van der Waals surface area (Å²) < 4.78 is 0. The Morgan fingerprint density at radius 1 is 1.06 bits per heavy atom. The first-order valence-electron chi connectivity index (χ1n) is 5.64. The molecule has 0 bridgehead atoms. The van der Waals surface area contributed by atoms with Crippen molar-refractivity contribution in [3.8, 4) is 0 Å². The topological polar surface area (TPSA) is 17.1 Å². The van der Waals surface area contributed by atoms with Gasteiger partial charge in [-0.2, -0.15) is 0 Å². The fraction of sp³-hybridized carbons (Fsp3) is 0.133. The van der Waals surface area contributed by atoms with Gasteiger partial charge in [0, 0.05) is 15.4 Å². The predicted octanol–water partition coefficient (Wildman–Crippen LogP) is 4.21. The van der Waals surface area contributed by atoms with Crippen molar-refractivity contribution < 1.29 is 4.79 Å². The molecule has 0 aliphatic carbocycles. The number of aldehydes is 1. The third kappa shape index (κ3) is 3.21. The lowest BCUT2D eigenvalue weighted by Crippen LogP contribution is -1.81. The Hall–Kier alpha value is -1.54. The maximum Gasteiger partial charge on any atom is 0.150 e. The Morgan fingerprint density at radius 2 is 1.82 bits per heavy atom. The molecule has 0 radical (unpaired) electrons. The second-order valence-electron chi connectivity index (χ2n) is 3.79. The van der Waals surface area contributed by atoms with Crippen molar-refractivity contribution in [2.24, 2.45) is 0 Å². The molecule has 0 unspecified atom stereocenters. The number of hydrogen-bond donors (Lipinski definition) is 0. The summed E-state index contributed by atoms with van der Waals surface area (Å²) in [7, 11) is 0. The smallest absolute Gasteiger partial charge is 0.150 e. The van der Waals surface area contributed by atoms with Gasteiger partial charge in [-0.1, -0.05) is 43.0 Å². The van der Waals surface area contributed by atoms with Gasteiger partial charge < -0.3 is 0 Å². The van der Waals surface area contributed by atoms with Crippen molar-refractivity contribution >= 4 is 18.0 Å². The van der Waals surface area contributed by atoms with Crippen LogP contribution in [0.3, 0.4) is 0 Å². The fourth-order valence-corrected chi connectivity index (χ4v) is 2.48. The average Bonchev–Trinajstić information content (AvgIpc) is 2.40. The number of aryl methyl sites for hydroxylation is 1. The molecule has 0 heterocycles. The summed E-state index contributed by atoms with van der Waals surface area (Å²) in [6.07, 6.45) is 1.92. The van der Waals surface area contributed by atoms with E-state index in [2.05, 4.69) is 31.2 Å². The van der Waals surface area contributed by atoms with Gasteiger partial charge in [-0.15, -0.1) is 0 Å². The summed E-state index contributed by atoms with van der Waals surface area (Å²) >= 11 is 1.72. The van der Waals surface area contributed by atoms with E-state index in [1.807, 2.05) is 24.3 Å². The second kappa shape index (κ2) is 5.69. The second-order valence-corrected chi connectivity index (χ2v) is 4.94. The van der Waals surface area contributed by atoms with Crippen molar-refractivity contribution in [2.75, 3.05) is 0 Å². The third-order valence-electron chi connectivity index (χ3n) is 2.56. The largest absolute Gasteiger partial charge is 0.298 e. The molecule has 2 aromatic carbocycles. The van der Waals surface area contributed by atoms with Crippen LogP contribution in [0.15, 0.2) is 58.3 Å². The molecule has 0 aliphatic rings. The number of carbonyl (C=O) groups excluding carboxylic acids is 1. The number of hydrogen-bond acceptors (Lipinski definition) is 2. The summed E-state index contributed by atoms with van der Waals surface area (Å²) in [5.41, 5.74) is 2.07. The summed E-state index contributed by atoms with van der Waals surface area (Å²) in [6, 6.07) is 16.2. The minimum atomic E-state index is 0.719. The van der Waals surface area contributed by atoms with Crippen LogP contribution in [-0.4, -0.2) is 6.29 Å². The molecule has 0 amide bonds. The molecular formula is C15H14OS. The van der Waals surface area contributed by atoms with E-state index in [-0.39, 0.29) is 0 Å². The molecule has 0 aliphatic heterocycles. The summed E-state index contributed by atoms with van der Waals surface area (Å²) in [6.45, 7) is 2.16. The van der Waals surface area contributed by atoms with Crippen LogP contribution in [0.5, 0.6) is 0 Å². The highest BCUT2D eigenvalue weighted by Crippen LogP contribution is 2.28. The van der Waals surface area contributed by atoms with Crippen molar-refractivity contribution in [1.82, 2.24) is 0 Å². The van der Waals surface area contributed by atoms with Gasteiger partial charge in [0.15, 0.2) is 0 Å². The van der Waals surface area contributed by atoms with E-state index < -0.39 is 0 Å². The van der Waals surface area contributed by atoms with Gasteiger partial charge in [-0.3, -0.25) is 4.79 Å². The van der Waals surface area contributed by atoms with E-state index in [1.165, 1.54) is 10.5 Å². The first-order valence-corrected chi connectivity index (χ1v) is 6.45. The molecule has 0 spiro atoms. The van der Waals surface area contributed by atoms with Gasteiger partial charge in [0.05, 0.1) is 0 Å². The predicted molar refractivity (Wildman–Crippen MR) is 71.8 cm³/mol. The summed E-state index contributed by atoms with van der Waals surface area (Å²) in [4.78, 5) is 12.9. The molecule has 2 aromatic rings. The van der Waals surface area contributed by atoms with Gasteiger partial charge in [-0.25, -0.2) is 0 Å². The Morgan fingerprint density at radius 3 is 2.47 bits per heavy atom. The SMILES string of the molecule is CCc1cccc(Sc2ccc(C=O)cc2)c1. The van der Waals surface area contributed by atoms with Gasteiger partial charge in [-0.05, 0) is 36.2 Å². The minimum Gasteiger partial charge on any atom is -0.298 e. The van der Waals surface area contributed by atoms with Gasteiger partial charge >= 0.3 is 0 Å². The van der Waals surface area contributed by atoms with E-state index in [1.54, 1.807) is 11.8 Å². The first-order chi connectivity index (χ1) is 8.31. The first kappa shape index (κ1) is 11.9. The monoisotopic (exact) mass is 242 g/mol. The van der Waals surface area contributed by atoms with Crippen LogP contribution in [0, 0.1) is 0 Å². The van der Waals surface area contributed by atoms with Crippen molar-refractivity contribution in [3.05, 3.63) is 59.7 Å². The highest BCUT2D eigenvalue weighted by molar-refractivity contribution is 7.99. The Labute approximate surface area is 106 Å². The van der Waals surface area contributed by atoms with Gasteiger partial charge in [0.25, 0.3) is 0 Å². The molecule has 86 valence electrons. The molecule has 0 saturated heterocycles. The van der Waals surface area contributed by atoms with E-state index in [0.29, 0.717) is 0 Å². The lowest BCUT2D eigenvalue weighted by molar-refractivity contribution is 0.112. The zero-order valence-corrected chi connectivity index (χ0v) is 10.5. The van der Waals surface area contributed by atoms with E-state index in [4.69, 9.17) is 0 Å². The number of rotatable bonds is 4. The van der Waals surface area contributed by atoms with Crippen LogP contribution in [0.25, 0.3) is 0 Å². The van der Waals surface area contributed by atoms with Crippen molar-refractivity contribution in [3.63, 3.8) is 0 Å². The summed E-state index contributed by atoms with van der Waals surface area (Å²) in [5.74, 6) is 0. The average molecular weight is 242 g/mol. The molecule has 17 heavy (non-hydrogen) atoms. The van der Waals surface area contributed by atoms with E-state index >= 15 is 0 Å². The minimum absolute atomic E-state index is 0.719. The normalized spacial score (nSPS) is 10.2. The number of carbonyl (C=O) groups is 1. The highest BCUT2D eigenvalue weighted by Gasteiger charge is 1.98. The zero-order chi connectivity index (χ0) is 12.1.